The minimum absolute atomic E-state index is 0.365. The van der Waals surface area contributed by atoms with Crippen LogP contribution in [0.15, 0.2) is 24.3 Å². The van der Waals surface area contributed by atoms with E-state index in [1.807, 2.05) is 24.3 Å². The van der Waals surface area contributed by atoms with E-state index >= 15 is 0 Å². The number of anilines is 1. The summed E-state index contributed by atoms with van der Waals surface area (Å²) in [6.07, 6.45) is 2.95. The third kappa shape index (κ3) is 2.11. The molecular weight excluding hydrogens is 330 g/mol. The second-order valence-electron chi connectivity index (χ2n) is 5.63. The van der Waals surface area contributed by atoms with Crippen LogP contribution in [0.2, 0.25) is 5.02 Å². The van der Waals surface area contributed by atoms with Gasteiger partial charge in [0.25, 0.3) is 5.91 Å². The molecule has 0 fully saturated rings. The van der Waals surface area contributed by atoms with Gasteiger partial charge in [0, 0.05) is 27.2 Å². The van der Waals surface area contributed by atoms with E-state index in [9.17, 15) is 4.79 Å². The Morgan fingerprint density at radius 2 is 2.04 bits per heavy atom. The van der Waals surface area contributed by atoms with Crippen LogP contribution in [-0.4, -0.2) is 10.9 Å². The van der Waals surface area contributed by atoms with Crippen LogP contribution in [0.5, 0.6) is 0 Å². The Hall–Kier alpha value is -2.11. The number of nitrogen functional groups attached to an aromatic ring is 1. The van der Waals surface area contributed by atoms with Gasteiger partial charge < -0.3 is 11.5 Å². The van der Waals surface area contributed by atoms with Gasteiger partial charge in [0.2, 0.25) is 0 Å². The number of thiophene rings is 1. The maximum absolute atomic E-state index is 11.7. The van der Waals surface area contributed by atoms with Gasteiger partial charge in [-0.1, -0.05) is 29.8 Å². The summed E-state index contributed by atoms with van der Waals surface area (Å²) < 4.78 is 0. The highest BCUT2D eigenvalue weighted by Gasteiger charge is 2.26. The lowest BCUT2D eigenvalue weighted by molar-refractivity contribution is 0.100. The lowest BCUT2D eigenvalue weighted by atomic mass is 9.96. The first kappa shape index (κ1) is 14.5. The first-order valence-electron chi connectivity index (χ1n) is 7.36. The third-order valence-electron chi connectivity index (χ3n) is 4.27. The van der Waals surface area contributed by atoms with Gasteiger partial charge in [-0.05, 0) is 30.9 Å². The molecular formula is C17H14ClN3OS. The van der Waals surface area contributed by atoms with Crippen molar-refractivity contribution >= 4 is 44.7 Å². The number of nitrogens with zero attached hydrogens (tertiary/aromatic N) is 1. The summed E-state index contributed by atoms with van der Waals surface area (Å²) in [5.74, 6) is -0.518. The van der Waals surface area contributed by atoms with E-state index in [1.54, 1.807) is 0 Å². The first-order chi connectivity index (χ1) is 11.1. The second-order valence-corrected chi connectivity index (χ2v) is 7.04. The number of primary amides is 1. The highest BCUT2D eigenvalue weighted by atomic mass is 35.5. The molecule has 6 heteroatoms. The molecule has 2 heterocycles. The molecule has 0 saturated carbocycles. The molecule has 4 N–H and O–H groups in total. The molecule has 1 aliphatic carbocycles. The highest BCUT2D eigenvalue weighted by Crippen LogP contribution is 2.45. The fourth-order valence-electron chi connectivity index (χ4n) is 3.29. The Morgan fingerprint density at radius 3 is 2.78 bits per heavy atom. The molecule has 0 bridgehead atoms. The van der Waals surface area contributed by atoms with E-state index in [-0.39, 0.29) is 0 Å². The molecule has 1 aromatic carbocycles. The van der Waals surface area contributed by atoms with Gasteiger partial charge in [0.15, 0.2) is 0 Å². The van der Waals surface area contributed by atoms with Crippen molar-refractivity contribution in [1.82, 2.24) is 4.98 Å². The van der Waals surface area contributed by atoms with E-state index in [2.05, 4.69) is 0 Å². The number of halogens is 1. The average Bonchev–Trinajstić information content (AvgIpc) is 3.11. The fourth-order valence-corrected chi connectivity index (χ4v) is 4.50. The van der Waals surface area contributed by atoms with Gasteiger partial charge in [0.05, 0.1) is 5.69 Å². The van der Waals surface area contributed by atoms with Gasteiger partial charge in [0.1, 0.15) is 9.71 Å². The standard InChI is InChI=1S/C17H14ClN3OS/c18-10-6-2-1-4-8(10)12-9-5-3-7-11(9)21-17-13(12)14(19)15(23-17)16(20)22/h1-2,4,6H,3,5,7,19H2,(H2,20,22). The van der Waals surface area contributed by atoms with Gasteiger partial charge in [-0.3, -0.25) is 4.79 Å². The number of hydrogen-bond acceptors (Lipinski definition) is 4. The smallest absolute Gasteiger partial charge is 0.260 e. The Labute approximate surface area is 142 Å². The van der Waals surface area contributed by atoms with Crippen LogP contribution in [0, 0.1) is 0 Å². The molecule has 1 amide bonds. The summed E-state index contributed by atoms with van der Waals surface area (Å²) in [7, 11) is 0. The number of aromatic nitrogens is 1. The second kappa shape index (κ2) is 5.22. The topological polar surface area (TPSA) is 82.0 Å². The molecule has 0 radical (unpaired) electrons. The molecule has 0 unspecified atom stereocenters. The van der Waals surface area contributed by atoms with E-state index in [4.69, 9.17) is 28.1 Å². The number of carbonyl (C=O) groups excluding carboxylic acids is 1. The number of nitrogens with two attached hydrogens (primary N) is 2. The number of pyridine rings is 1. The largest absolute Gasteiger partial charge is 0.397 e. The predicted molar refractivity (Wildman–Crippen MR) is 95.0 cm³/mol. The van der Waals surface area contributed by atoms with Crippen LogP contribution >= 0.6 is 22.9 Å². The van der Waals surface area contributed by atoms with E-state index in [0.29, 0.717) is 15.6 Å². The predicted octanol–water partition coefficient (Wildman–Crippen LogP) is 3.79. The molecule has 0 aliphatic heterocycles. The third-order valence-corrected chi connectivity index (χ3v) is 5.71. The summed E-state index contributed by atoms with van der Waals surface area (Å²) in [6.45, 7) is 0. The number of rotatable bonds is 2. The van der Waals surface area contributed by atoms with Gasteiger partial charge in [-0.15, -0.1) is 11.3 Å². The van der Waals surface area contributed by atoms with Crippen molar-refractivity contribution in [1.29, 1.82) is 0 Å². The van der Waals surface area contributed by atoms with Crippen LogP contribution in [0.3, 0.4) is 0 Å². The molecule has 116 valence electrons. The van der Waals surface area contributed by atoms with Crippen molar-refractivity contribution in [2.75, 3.05) is 5.73 Å². The lowest BCUT2D eigenvalue weighted by Crippen LogP contribution is -2.10. The minimum Gasteiger partial charge on any atom is -0.397 e. The summed E-state index contributed by atoms with van der Waals surface area (Å²) >= 11 is 7.69. The van der Waals surface area contributed by atoms with E-state index in [0.717, 1.165) is 46.3 Å². The molecule has 3 aromatic rings. The highest BCUT2D eigenvalue weighted by molar-refractivity contribution is 7.21. The average molecular weight is 344 g/mol. The van der Waals surface area contributed by atoms with Crippen LogP contribution in [0.25, 0.3) is 21.3 Å². The van der Waals surface area contributed by atoms with E-state index in [1.165, 1.54) is 16.9 Å². The lowest BCUT2D eigenvalue weighted by Gasteiger charge is -2.12. The maximum atomic E-state index is 11.7. The fraction of sp³-hybridized carbons (Fsp3) is 0.176. The van der Waals surface area contributed by atoms with Crippen LogP contribution in [-0.2, 0) is 12.8 Å². The first-order valence-corrected chi connectivity index (χ1v) is 8.55. The van der Waals surface area contributed by atoms with Crippen molar-refractivity contribution in [2.45, 2.75) is 19.3 Å². The van der Waals surface area contributed by atoms with Crippen molar-refractivity contribution in [3.05, 3.63) is 45.4 Å². The summed E-state index contributed by atoms with van der Waals surface area (Å²) in [4.78, 5) is 17.5. The Morgan fingerprint density at radius 1 is 1.26 bits per heavy atom. The molecule has 0 saturated heterocycles. The number of hydrogen-bond donors (Lipinski definition) is 2. The minimum atomic E-state index is -0.518. The molecule has 23 heavy (non-hydrogen) atoms. The van der Waals surface area contributed by atoms with Crippen LogP contribution in [0.4, 0.5) is 5.69 Å². The normalized spacial score (nSPS) is 13.4. The SMILES string of the molecule is NC(=O)c1sc2nc3c(c(-c4ccccc4Cl)c2c1N)CCC3. The Kier molecular flexibility index (Phi) is 3.28. The molecule has 0 spiro atoms. The van der Waals surface area contributed by atoms with Crippen LogP contribution < -0.4 is 11.5 Å². The molecule has 0 atom stereocenters. The van der Waals surface area contributed by atoms with Gasteiger partial charge in [-0.25, -0.2) is 4.98 Å². The zero-order valence-corrected chi connectivity index (χ0v) is 13.8. The number of fused-ring (bicyclic) bond motifs is 2. The number of carbonyl (C=O) groups is 1. The van der Waals surface area contributed by atoms with Crippen molar-refractivity contribution in [2.24, 2.45) is 5.73 Å². The molecule has 2 aromatic heterocycles. The Bertz CT molecular complexity index is 964. The summed E-state index contributed by atoms with van der Waals surface area (Å²) in [5.41, 5.74) is 16.3. The quantitative estimate of drug-likeness (QED) is 0.742. The summed E-state index contributed by atoms with van der Waals surface area (Å²) in [6, 6.07) is 7.70. The van der Waals surface area contributed by atoms with Gasteiger partial charge >= 0.3 is 0 Å². The molecule has 1 aliphatic rings. The zero-order valence-electron chi connectivity index (χ0n) is 12.2. The number of amides is 1. The van der Waals surface area contributed by atoms with Crippen molar-refractivity contribution < 1.29 is 4.79 Å². The molecule has 4 rings (SSSR count). The van der Waals surface area contributed by atoms with Crippen LogP contribution in [0.1, 0.15) is 27.3 Å². The maximum Gasteiger partial charge on any atom is 0.260 e. The van der Waals surface area contributed by atoms with E-state index < -0.39 is 5.91 Å². The number of aryl methyl sites for hydroxylation is 1. The molecule has 4 nitrogen and oxygen atoms in total. The Balaban J connectivity index is 2.16. The number of benzene rings is 1. The zero-order chi connectivity index (χ0) is 16.1. The monoisotopic (exact) mass is 343 g/mol. The van der Waals surface area contributed by atoms with Crippen molar-refractivity contribution in [3.63, 3.8) is 0 Å². The van der Waals surface area contributed by atoms with Gasteiger partial charge in [-0.2, -0.15) is 0 Å². The van der Waals surface area contributed by atoms with Crippen molar-refractivity contribution in [3.8, 4) is 11.1 Å². The summed E-state index contributed by atoms with van der Waals surface area (Å²) in [5, 5.41) is 1.47.